The van der Waals surface area contributed by atoms with Crippen molar-refractivity contribution < 1.29 is 0 Å². The van der Waals surface area contributed by atoms with Gasteiger partial charge < -0.3 is 5.32 Å². The van der Waals surface area contributed by atoms with Gasteiger partial charge in [0.2, 0.25) is 5.13 Å². The molecule has 0 aliphatic heterocycles. The van der Waals surface area contributed by atoms with Crippen LogP contribution in [0.2, 0.25) is 0 Å². The van der Waals surface area contributed by atoms with E-state index in [1.165, 1.54) is 0 Å². The van der Waals surface area contributed by atoms with E-state index in [1.807, 2.05) is 13.1 Å². The molecule has 7 heteroatoms. The van der Waals surface area contributed by atoms with E-state index < -0.39 is 0 Å². The van der Waals surface area contributed by atoms with Crippen molar-refractivity contribution in [1.82, 2.24) is 15.2 Å². The monoisotopic (exact) mass is 272 g/mol. The zero-order valence-electron chi connectivity index (χ0n) is 9.06. The molecule has 0 unspecified atom stereocenters. The third kappa shape index (κ3) is 2.72. The summed E-state index contributed by atoms with van der Waals surface area (Å²) in [5.74, 6) is 0.962. The number of anilines is 1. The summed E-state index contributed by atoms with van der Waals surface area (Å²) in [6.07, 6.45) is 3.96. The van der Waals surface area contributed by atoms with E-state index in [1.54, 1.807) is 34.4 Å². The minimum absolute atomic E-state index is 0.870. The summed E-state index contributed by atoms with van der Waals surface area (Å²) >= 11 is 5.04. The van der Waals surface area contributed by atoms with Gasteiger partial charge >= 0.3 is 0 Å². The van der Waals surface area contributed by atoms with Gasteiger partial charge in [-0.15, -0.1) is 21.5 Å². The molecule has 0 bridgehead atoms. The molecule has 2 aromatic rings. The van der Waals surface area contributed by atoms with Crippen molar-refractivity contribution in [2.45, 2.75) is 12.7 Å². The number of aromatic nitrogens is 3. The SMILES string of the molecule is CCNc1nnc(-c2cnc(CSC)s2)s1. The minimum atomic E-state index is 0.870. The summed E-state index contributed by atoms with van der Waals surface area (Å²) in [4.78, 5) is 5.46. The molecule has 1 N–H and O–H groups in total. The molecule has 0 aliphatic carbocycles. The highest BCUT2D eigenvalue weighted by molar-refractivity contribution is 7.97. The van der Waals surface area contributed by atoms with Gasteiger partial charge in [-0.1, -0.05) is 11.3 Å². The van der Waals surface area contributed by atoms with Gasteiger partial charge in [-0.25, -0.2) is 4.98 Å². The van der Waals surface area contributed by atoms with Crippen molar-refractivity contribution in [2.24, 2.45) is 0 Å². The average Bonchev–Trinajstić information content (AvgIpc) is 2.87. The summed E-state index contributed by atoms with van der Waals surface area (Å²) < 4.78 is 0. The third-order valence-electron chi connectivity index (χ3n) is 1.79. The van der Waals surface area contributed by atoms with Crippen LogP contribution in [0.25, 0.3) is 9.88 Å². The standard InChI is InChI=1S/C9H12N4S3/c1-3-10-9-13-12-8(16-9)6-4-11-7(15-6)5-14-2/h4H,3,5H2,1-2H3,(H,10,13). The van der Waals surface area contributed by atoms with Gasteiger partial charge in [-0.05, 0) is 13.2 Å². The minimum Gasteiger partial charge on any atom is -0.360 e. The first-order chi connectivity index (χ1) is 7.83. The van der Waals surface area contributed by atoms with Crippen molar-refractivity contribution in [3.8, 4) is 9.88 Å². The number of rotatable bonds is 5. The van der Waals surface area contributed by atoms with Crippen LogP contribution >= 0.6 is 34.4 Å². The molecule has 0 aliphatic rings. The Morgan fingerprint density at radius 2 is 2.25 bits per heavy atom. The number of nitrogens with one attached hydrogen (secondary N) is 1. The second-order valence-corrected chi connectivity index (χ2v) is 5.95. The molecule has 0 saturated heterocycles. The van der Waals surface area contributed by atoms with E-state index in [2.05, 4.69) is 26.8 Å². The van der Waals surface area contributed by atoms with Gasteiger partial charge in [0, 0.05) is 18.5 Å². The molecular weight excluding hydrogens is 260 g/mol. The molecule has 86 valence electrons. The summed E-state index contributed by atoms with van der Waals surface area (Å²) in [7, 11) is 0. The Balaban J connectivity index is 2.14. The highest BCUT2D eigenvalue weighted by Gasteiger charge is 2.09. The second kappa shape index (κ2) is 5.60. The van der Waals surface area contributed by atoms with Crippen LogP contribution in [0.15, 0.2) is 6.20 Å². The Labute approximate surface area is 107 Å². The third-order valence-corrected chi connectivity index (χ3v) is 4.58. The van der Waals surface area contributed by atoms with Crippen molar-refractivity contribution in [3.05, 3.63) is 11.2 Å². The number of thioether (sulfide) groups is 1. The molecule has 0 aromatic carbocycles. The predicted octanol–water partition coefficient (Wildman–Crippen LogP) is 2.96. The van der Waals surface area contributed by atoms with E-state index in [-0.39, 0.29) is 0 Å². The topological polar surface area (TPSA) is 50.7 Å². The fraction of sp³-hybridized carbons (Fsp3) is 0.444. The molecule has 2 heterocycles. The van der Waals surface area contributed by atoms with Crippen molar-refractivity contribution in [3.63, 3.8) is 0 Å². The van der Waals surface area contributed by atoms with Crippen LogP contribution in [0, 0.1) is 0 Å². The number of hydrogen-bond acceptors (Lipinski definition) is 7. The van der Waals surface area contributed by atoms with Gasteiger partial charge in [0.15, 0.2) is 5.01 Å². The van der Waals surface area contributed by atoms with Crippen molar-refractivity contribution in [1.29, 1.82) is 0 Å². The Morgan fingerprint density at radius 1 is 1.38 bits per heavy atom. The Morgan fingerprint density at radius 3 is 3.00 bits per heavy atom. The molecule has 0 saturated carbocycles. The molecule has 4 nitrogen and oxygen atoms in total. The quantitative estimate of drug-likeness (QED) is 0.907. The van der Waals surface area contributed by atoms with Crippen LogP contribution in [0.1, 0.15) is 11.9 Å². The molecule has 2 aromatic heterocycles. The summed E-state index contributed by atoms with van der Waals surface area (Å²) in [6.45, 7) is 2.92. The lowest BCUT2D eigenvalue weighted by atomic mass is 10.6. The maximum absolute atomic E-state index is 4.35. The predicted molar refractivity (Wildman–Crippen MR) is 72.4 cm³/mol. The van der Waals surface area contributed by atoms with E-state index >= 15 is 0 Å². The highest BCUT2D eigenvalue weighted by atomic mass is 32.2. The van der Waals surface area contributed by atoms with Crippen LogP contribution < -0.4 is 5.32 Å². The fourth-order valence-corrected chi connectivity index (χ4v) is 3.61. The van der Waals surface area contributed by atoms with E-state index in [0.29, 0.717) is 0 Å². The maximum Gasteiger partial charge on any atom is 0.206 e. The molecule has 16 heavy (non-hydrogen) atoms. The molecule has 0 atom stereocenters. The van der Waals surface area contributed by atoms with Gasteiger partial charge in [0.25, 0.3) is 0 Å². The van der Waals surface area contributed by atoms with Gasteiger partial charge in [0.05, 0.1) is 4.88 Å². The molecular formula is C9H12N4S3. The number of hydrogen-bond donors (Lipinski definition) is 1. The van der Waals surface area contributed by atoms with Gasteiger partial charge in [-0.3, -0.25) is 0 Å². The van der Waals surface area contributed by atoms with Crippen LogP contribution in [0.4, 0.5) is 5.13 Å². The lowest BCUT2D eigenvalue weighted by Crippen LogP contribution is -1.94. The summed E-state index contributed by atoms with van der Waals surface area (Å²) in [5, 5.41) is 14.3. The lowest BCUT2D eigenvalue weighted by Gasteiger charge is -1.91. The smallest absolute Gasteiger partial charge is 0.206 e. The zero-order chi connectivity index (χ0) is 11.4. The maximum atomic E-state index is 4.35. The molecule has 2 rings (SSSR count). The second-order valence-electron chi connectivity index (χ2n) is 2.99. The summed E-state index contributed by atoms with van der Waals surface area (Å²) in [6, 6.07) is 0. The molecule has 0 spiro atoms. The first kappa shape index (κ1) is 11.8. The molecule has 0 fully saturated rings. The first-order valence-electron chi connectivity index (χ1n) is 4.85. The zero-order valence-corrected chi connectivity index (χ0v) is 11.5. The Hall–Kier alpha value is -0.660. The van der Waals surface area contributed by atoms with Crippen LogP contribution in [-0.2, 0) is 5.75 Å². The highest BCUT2D eigenvalue weighted by Crippen LogP contribution is 2.31. The number of nitrogens with zero attached hydrogens (tertiary/aromatic N) is 3. The average molecular weight is 272 g/mol. The van der Waals surface area contributed by atoms with E-state index in [9.17, 15) is 0 Å². The fourth-order valence-electron chi connectivity index (χ4n) is 1.14. The van der Waals surface area contributed by atoms with E-state index in [0.717, 1.165) is 32.3 Å². The molecule has 0 radical (unpaired) electrons. The van der Waals surface area contributed by atoms with Crippen LogP contribution in [0.5, 0.6) is 0 Å². The first-order valence-corrected chi connectivity index (χ1v) is 7.87. The van der Waals surface area contributed by atoms with Gasteiger partial charge in [-0.2, -0.15) is 11.8 Å². The van der Waals surface area contributed by atoms with Gasteiger partial charge in [0.1, 0.15) is 5.01 Å². The Kier molecular flexibility index (Phi) is 4.14. The van der Waals surface area contributed by atoms with E-state index in [4.69, 9.17) is 0 Å². The Bertz CT molecular complexity index is 409. The van der Waals surface area contributed by atoms with Crippen LogP contribution in [-0.4, -0.2) is 28.0 Å². The summed E-state index contributed by atoms with van der Waals surface area (Å²) in [5.41, 5.74) is 0. The lowest BCUT2D eigenvalue weighted by molar-refractivity contribution is 1.07. The van der Waals surface area contributed by atoms with Crippen molar-refractivity contribution >= 4 is 39.6 Å². The largest absolute Gasteiger partial charge is 0.360 e. The normalized spacial score (nSPS) is 10.6. The molecule has 0 amide bonds. The van der Waals surface area contributed by atoms with Crippen LogP contribution in [0.3, 0.4) is 0 Å². The number of thiazole rings is 1. The van der Waals surface area contributed by atoms with Crippen molar-refractivity contribution in [2.75, 3.05) is 18.1 Å².